The average molecular weight is 228 g/mol. The molecule has 0 saturated heterocycles. The van der Waals surface area contributed by atoms with Crippen LogP contribution in [-0.4, -0.2) is 11.1 Å². The van der Waals surface area contributed by atoms with E-state index >= 15 is 0 Å². The number of rotatable bonds is 2. The molecule has 2 aliphatic carbocycles. The highest BCUT2D eigenvalue weighted by atomic mass is 16.4. The number of carboxylic acid groups (broad SMARTS) is 1. The summed E-state index contributed by atoms with van der Waals surface area (Å²) in [6.07, 6.45) is 0. The Bertz CT molecular complexity index is 541. The van der Waals surface area contributed by atoms with E-state index < -0.39 is 5.97 Å². The van der Waals surface area contributed by atoms with Crippen molar-refractivity contribution in [3.05, 3.63) is 47.0 Å². The third-order valence-electron chi connectivity index (χ3n) is 3.16. The van der Waals surface area contributed by atoms with Crippen molar-refractivity contribution in [2.24, 2.45) is 0 Å². The summed E-state index contributed by atoms with van der Waals surface area (Å²) in [5.74, 6) is -0.471. The Hall–Kier alpha value is -1.83. The molecule has 0 saturated carbocycles. The molecule has 0 bridgehead atoms. The number of carboxylic acids is 1. The van der Waals surface area contributed by atoms with Crippen LogP contribution in [-0.2, 0) is 0 Å². The van der Waals surface area contributed by atoms with Crippen LogP contribution in [0.3, 0.4) is 0 Å². The molecule has 2 rings (SSSR count). The second-order valence-corrected chi connectivity index (χ2v) is 4.69. The fraction of sp³-hybridized carbons (Fsp3) is 0.267. The number of aromatic carboxylic acids is 1. The lowest BCUT2D eigenvalue weighted by Crippen LogP contribution is -1.95. The van der Waals surface area contributed by atoms with Gasteiger partial charge in [-0.3, -0.25) is 0 Å². The van der Waals surface area contributed by atoms with Crippen molar-refractivity contribution in [1.29, 1.82) is 0 Å². The van der Waals surface area contributed by atoms with E-state index in [1.54, 1.807) is 6.07 Å². The number of fused-ring (bicyclic) bond motifs is 1. The van der Waals surface area contributed by atoms with Gasteiger partial charge in [-0.25, -0.2) is 4.79 Å². The minimum atomic E-state index is -0.861. The van der Waals surface area contributed by atoms with Crippen molar-refractivity contribution in [3.8, 4) is 11.1 Å². The number of hydrogen-bond donors (Lipinski definition) is 1. The zero-order valence-corrected chi connectivity index (χ0v) is 10.3. The van der Waals surface area contributed by atoms with Crippen LogP contribution in [0.1, 0.15) is 41.3 Å². The van der Waals surface area contributed by atoms with Crippen LogP contribution in [0.25, 0.3) is 11.1 Å². The first kappa shape index (κ1) is 11.6. The fourth-order valence-corrected chi connectivity index (χ4v) is 2.06. The lowest BCUT2D eigenvalue weighted by atomic mass is 10.0. The van der Waals surface area contributed by atoms with Crippen LogP contribution >= 0.6 is 0 Å². The molecule has 2 nitrogen and oxygen atoms in total. The summed E-state index contributed by atoms with van der Waals surface area (Å²) in [6, 6.07) is 9.70. The van der Waals surface area contributed by atoms with Crippen molar-refractivity contribution < 1.29 is 9.90 Å². The summed E-state index contributed by atoms with van der Waals surface area (Å²) in [7, 11) is 0. The van der Waals surface area contributed by atoms with Gasteiger partial charge in [-0.15, -0.1) is 0 Å². The summed E-state index contributed by atoms with van der Waals surface area (Å²) in [6.45, 7) is 6.23. The van der Waals surface area contributed by atoms with Gasteiger partial charge >= 0.3 is 5.97 Å². The summed E-state index contributed by atoms with van der Waals surface area (Å²) in [5, 5.41) is 9.17. The minimum Gasteiger partial charge on any atom is -0.478 e. The lowest BCUT2D eigenvalue weighted by Gasteiger charge is -2.03. The van der Waals surface area contributed by atoms with E-state index in [-0.39, 0.29) is 0 Å². The maximum atomic E-state index is 11.2. The highest BCUT2D eigenvalue weighted by Crippen LogP contribution is 2.32. The summed E-state index contributed by atoms with van der Waals surface area (Å²) >= 11 is 0. The molecule has 0 heterocycles. The number of aryl methyl sites for hydroxylation is 1. The molecule has 17 heavy (non-hydrogen) atoms. The van der Waals surface area contributed by atoms with Crippen molar-refractivity contribution in [2.45, 2.75) is 26.7 Å². The second-order valence-electron chi connectivity index (χ2n) is 4.69. The van der Waals surface area contributed by atoms with E-state index in [0.29, 0.717) is 11.5 Å². The smallest absolute Gasteiger partial charge is 0.336 e. The van der Waals surface area contributed by atoms with Gasteiger partial charge in [0.25, 0.3) is 0 Å². The monoisotopic (exact) mass is 228 g/mol. The first-order chi connectivity index (χ1) is 8.00. The van der Waals surface area contributed by atoms with Crippen LogP contribution in [0.15, 0.2) is 30.3 Å². The summed E-state index contributed by atoms with van der Waals surface area (Å²) < 4.78 is 0. The molecule has 0 aliphatic heterocycles. The average Bonchev–Trinajstić information content (AvgIpc) is 2.60. The van der Waals surface area contributed by atoms with Gasteiger partial charge in [0, 0.05) is 0 Å². The minimum absolute atomic E-state index is 0.390. The molecule has 0 radical (unpaired) electrons. The molecule has 2 heteroatoms. The van der Waals surface area contributed by atoms with E-state index in [2.05, 4.69) is 26.0 Å². The van der Waals surface area contributed by atoms with E-state index in [9.17, 15) is 9.90 Å². The van der Waals surface area contributed by atoms with Crippen molar-refractivity contribution in [1.82, 2.24) is 0 Å². The molecule has 0 aromatic heterocycles. The number of hydrogen-bond acceptors (Lipinski definition) is 1. The van der Waals surface area contributed by atoms with Crippen molar-refractivity contribution in [2.75, 3.05) is 0 Å². The highest BCUT2D eigenvalue weighted by molar-refractivity contribution is 5.98. The normalized spacial score (nSPS) is 11.1. The molecule has 2 aliphatic rings. The molecule has 0 spiro atoms. The van der Waals surface area contributed by atoms with Gasteiger partial charge in [-0.05, 0) is 41.2 Å². The Labute approximate surface area is 101 Å². The van der Waals surface area contributed by atoms with Gasteiger partial charge in [0.05, 0.1) is 5.56 Å². The Morgan fingerprint density at radius 3 is 2.41 bits per heavy atom. The predicted octanol–water partition coefficient (Wildman–Crippen LogP) is 3.92. The Balaban J connectivity index is 2.74. The third-order valence-corrected chi connectivity index (χ3v) is 3.16. The molecule has 0 fully saturated rings. The first-order valence-corrected chi connectivity index (χ1v) is 5.77. The fourth-order valence-electron chi connectivity index (χ4n) is 2.06. The molecule has 88 valence electrons. The molecule has 0 amide bonds. The summed E-state index contributed by atoms with van der Waals surface area (Å²) in [5.41, 5.74) is 4.52. The molecule has 0 atom stereocenters. The first-order valence-electron chi connectivity index (χ1n) is 5.77. The highest BCUT2D eigenvalue weighted by Gasteiger charge is 2.16. The van der Waals surface area contributed by atoms with Crippen LogP contribution in [0.4, 0.5) is 0 Å². The van der Waals surface area contributed by atoms with Crippen LogP contribution in [0.5, 0.6) is 0 Å². The lowest BCUT2D eigenvalue weighted by molar-refractivity contribution is 0.0698. The van der Waals surface area contributed by atoms with Gasteiger partial charge in [0.2, 0.25) is 0 Å². The third kappa shape index (κ3) is 2.03. The van der Waals surface area contributed by atoms with Gasteiger partial charge in [-0.2, -0.15) is 0 Å². The Morgan fingerprint density at radius 1 is 1.12 bits per heavy atom. The molecule has 0 aromatic rings. The molecular weight excluding hydrogens is 212 g/mol. The van der Waals surface area contributed by atoms with Gasteiger partial charge in [-0.1, -0.05) is 38.1 Å². The van der Waals surface area contributed by atoms with Crippen LogP contribution in [0.2, 0.25) is 0 Å². The Kier molecular flexibility index (Phi) is 2.88. The molecular formula is C15H16O2. The van der Waals surface area contributed by atoms with Gasteiger partial charge in [0.1, 0.15) is 0 Å². The zero-order valence-electron chi connectivity index (χ0n) is 10.3. The van der Waals surface area contributed by atoms with Crippen molar-refractivity contribution in [3.63, 3.8) is 0 Å². The standard InChI is InChI=1S/C15H16O2/c1-9(2)11-5-4-10(3)12-6-7-13(15(16)17)14(12)8-11/h4-9H,1-3H3,(H,16,17). The van der Waals surface area contributed by atoms with E-state index in [1.165, 1.54) is 0 Å². The molecule has 1 N–H and O–H groups in total. The quantitative estimate of drug-likeness (QED) is 0.845. The van der Waals surface area contributed by atoms with Crippen molar-refractivity contribution >= 4 is 5.97 Å². The maximum absolute atomic E-state index is 11.2. The maximum Gasteiger partial charge on any atom is 0.336 e. The Morgan fingerprint density at radius 2 is 1.82 bits per heavy atom. The molecule has 0 unspecified atom stereocenters. The van der Waals surface area contributed by atoms with Gasteiger partial charge in [0.15, 0.2) is 0 Å². The summed E-state index contributed by atoms with van der Waals surface area (Å²) in [4.78, 5) is 11.2. The predicted molar refractivity (Wildman–Crippen MR) is 68.8 cm³/mol. The van der Waals surface area contributed by atoms with Crippen LogP contribution in [0, 0.1) is 6.92 Å². The van der Waals surface area contributed by atoms with Gasteiger partial charge < -0.3 is 5.11 Å². The van der Waals surface area contributed by atoms with E-state index in [0.717, 1.165) is 22.3 Å². The topological polar surface area (TPSA) is 37.3 Å². The van der Waals surface area contributed by atoms with E-state index in [1.807, 2.05) is 19.1 Å². The largest absolute Gasteiger partial charge is 0.478 e. The zero-order chi connectivity index (χ0) is 12.6. The number of carbonyl (C=O) groups is 1. The van der Waals surface area contributed by atoms with Crippen LogP contribution < -0.4 is 0 Å². The van der Waals surface area contributed by atoms with E-state index in [4.69, 9.17) is 0 Å². The molecule has 0 aromatic carbocycles. The second kappa shape index (κ2) is 4.21. The SMILES string of the molecule is Cc1ccc(C(C)C)cc2c(C(=O)O)ccc1-2.